The van der Waals surface area contributed by atoms with Gasteiger partial charge in [-0.15, -0.1) is 0 Å². The summed E-state index contributed by atoms with van der Waals surface area (Å²) in [6.45, 7) is -0.906. The van der Waals surface area contributed by atoms with Crippen LogP contribution in [0.2, 0.25) is 0 Å². The Labute approximate surface area is 92.2 Å². The molecule has 0 amide bonds. The van der Waals surface area contributed by atoms with E-state index >= 15 is 0 Å². The van der Waals surface area contributed by atoms with Crippen molar-refractivity contribution in [2.75, 3.05) is 13.6 Å². The summed E-state index contributed by atoms with van der Waals surface area (Å²) in [7, 11) is -3.03. The van der Waals surface area contributed by atoms with Crippen molar-refractivity contribution in [1.82, 2.24) is 4.31 Å². The summed E-state index contributed by atoms with van der Waals surface area (Å²) in [5.41, 5.74) is 0. The van der Waals surface area contributed by atoms with Crippen LogP contribution in [0.3, 0.4) is 0 Å². The molecular weight excluding hydrogens is 240 g/mol. The molecule has 16 heavy (non-hydrogen) atoms. The Kier molecular flexibility index (Phi) is 3.82. The van der Waals surface area contributed by atoms with Crippen LogP contribution in [-0.4, -0.2) is 37.8 Å². The smallest absolute Gasteiger partial charge is 0.252 e. The van der Waals surface area contributed by atoms with Crippen molar-refractivity contribution in [3.8, 4) is 5.75 Å². The van der Waals surface area contributed by atoms with Gasteiger partial charge in [-0.05, 0) is 12.1 Å². The third kappa shape index (κ3) is 2.67. The molecule has 1 N–H and O–H groups in total. The molecule has 1 aromatic rings. The zero-order valence-corrected chi connectivity index (χ0v) is 9.29. The van der Waals surface area contributed by atoms with Crippen molar-refractivity contribution in [3.05, 3.63) is 24.3 Å². The number of halogens is 2. The van der Waals surface area contributed by atoms with Crippen molar-refractivity contribution in [2.24, 2.45) is 0 Å². The lowest BCUT2D eigenvalue weighted by atomic mass is 10.3. The Bertz CT molecular complexity index is 462. The molecule has 0 aliphatic rings. The highest BCUT2D eigenvalue weighted by molar-refractivity contribution is 7.89. The lowest BCUT2D eigenvalue weighted by Crippen LogP contribution is -2.31. The van der Waals surface area contributed by atoms with E-state index in [4.69, 9.17) is 0 Å². The normalized spacial score (nSPS) is 12.3. The Balaban J connectivity index is 3.08. The number of phenols is 1. The first kappa shape index (κ1) is 12.9. The average molecular weight is 251 g/mol. The third-order valence-electron chi connectivity index (χ3n) is 1.95. The lowest BCUT2D eigenvalue weighted by molar-refractivity contribution is 0.126. The highest BCUT2D eigenvalue weighted by Gasteiger charge is 2.25. The van der Waals surface area contributed by atoms with E-state index in [9.17, 15) is 22.3 Å². The monoisotopic (exact) mass is 251 g/mol. The minimum atomic E-state index is -4.06. The van der Waals surface area contributed by atoms with Gasteiger partial charge in [0.2, 0.25) is 10.0 Å². The van der Waals surface area contributed by atoms with Crippen molar-refractivity contribution in [1.29, 1.82) is 0 Å². The fourth-order valence-corrected chi connectivity index (χ4v) is 2.36. The Morgan fingerprint density at radius 2 is 1.94 bits per heavy atom. The minimum Gasteiger partial charge on any atom is -0.507 e. The average Bonchev–Trinajstić information content (AvgIpc) is 2.16. The van der Waals surface area contributed by atoms with Crippen LogP contribution in [0.15, 0.2) is 29.2 Å². The van der Waals surface area contributed by atoms with Gasteiger partial charge >= 0.3 is 0 Å². The number of nitrogens with zero attached hydrogens (tertiary/aromatic N) is 1. The van der Waals surface area contributed by atoms with Gasteiger partial charge in [-0.25, -0.2) is 17.2 Å². The van der Waals surface area contributed by atoms with E-state index in [2.05, 4.69) is 0 Å². The van der Waals surface area contributed by atoms with Crippen LogP contribution < -0.4 is 0 Å². The number of alkyl halides is 2. The Morgan fingerprint density at radius 3 is 2.44 bits per heavy atom. The number of aromatic hydroxyl groups is 1. The molecule has 0 saturated carbocycles. The van der Waals surface area contributed by atoms with Crippen molar-refractivity contribution in [3.63, 3.8) is 0 Å². The van der Waals surface area contributed by atoms with E-state index in [-0.39, 0.29) is 4.90 Å². The van der Waals surface area contributed by atoms with Crippen LogP contribution in [0.25, 0.3) is 0 Å². The summed E-state index contributed by atoms with van der Waals surface area (Å²) in [6.07, 6.45) is -2.76. The maximum absolute atomic E-state index is 12.1. The molecule has 1 aromatic carbocycles. The quantitative estimate of drug-likeness (QED) is 0.877. The van der Waals surface area contributed by atoms with E-state index in [1.54, 1.807) is 0 Å². The molecule has 0 radical (unpaired) electrons. The molecule has 0 fully saturated rings. The van der Waals surface area contributed by atoms with Crippen molar-refractivity contribution < 1.29 is 22.3 Å². The molecule has 0 atom stereocenters. The Hall–Kier alpha value is -1.21. The fraction of sp³-hybridized carbons (Fsp3) is 0.333. The predicted molar refractivity (Wildman–Crippen MR) is 53.9 cm³/mol. The van der Waals surface area contributed by atoms with Gasteiger partial charge in [0.25, 0.3) is 6.43 Å². The summed E-state index contributed by atoms with van der Waals surface area (Å²) in [4.78, 5) is -0.377. The SMILES string of the molecule is CN(CC(F)F)S(=O)(=O)c1ccccc1O. The van der Waals surface area contributed by atoms with Gasteiger partial charge < -0.3 is 5.11 Å². The number of para-hydroxylation sites is 1. The third-order valence-corrected chi connectivity index (χ3v) is 3.82. The molecule has 0 bridgehead atoms. The van der Waals surface area contributed by atoms with Crippen LogP contribution >= 0.6 is 0 Å². The summed E-state index contributed by atoms with van der Waals surface area (Å²) in [5, 5.41) is 9.34. The van der Waals surface area contributed by atoms with Crippen molar-refractivity contribution in [2.45, 2.75) is 11.3 Å². The van der Waals surface area contributed by atoms with Crippen molar-refractivity contribution >= 4 is 10.0 Å². The van der Waals surface area contributed by atoms with Gasteiger partial charge in [0.1, 0.15) is 10.6 Å². The first-order chi connectivity index (χ1) is 7.35. The number of rotatable bonds is 4. The van der Waals surface area contributed by atoms with E-state index in [1.807, 2.05) is 0 Å². The number of benzene rings is 1. The lowest BCUT2D eigenvalue weighted by Gasteiger charge is -2.17. The van der Waals surface area contributed by atoms with Gasteiger partial charge in [0.05, 0.1) is 6.54 Å². The zero-order valence-electron chi connectivity index (χ0n) is 8.47. The first-order valence-electron chi connectivity index (χ1n) is 4.38. The van der Waals surface area contributed by atoms with Gasteiger partial charge in [-0.1, -0.05) is 12.1 Å². The molecule has 0 aliphatic carbocycles. The number of sulfonamides is 1. The van der Waals surface area contributed by atoms with E-state index in [0.29, 0.717) is 4.31 Å². The standard InChI is InChI=1S/C9H11F2NO3S/c1-12(6-9(10)11)16(14,15)8-5-3-2-4-7(8)13/h2-5,9,13H,6H2,1H3. The summed E-state index contributed by atoms with van der Waals surface area (Å²) >= 11 is 0. The van der Waals surface area contributed by atoms with Gasteiger partial charge in [-0.2, -0.15) is 4.31 Å². The molecule has 0 aliphatic heterocycles. The van der Waals surface area contributed by atoms with Gasteiger partial charge in [-0.3, -0.25) is 0 Å². The highest BCUT2D eigenvalue weighted by atomic mass is 32.2. The number of hydrogen-bond donors (Lipinski definition) is 1. The molecule has 0 unspecified atom stereocenters. The van der Waals surface area contributed by atoms with Gasteiger partial charge in [0, 0.05) is 7.05 Å². The largest absolute Gasteiger partial charge is 0.507 e. The molecule has 0 aromatic heterocycles. The zero-order chi connectivity index (χ0) is 12.3. The highest BCUT2D eigenvalue weighted by Crippen LogP contribution is 2.24. The second-order valence-electron chi connectivity index (χ2n) is 3.14. The molecule has 0 spiro atoms. The molecule has 7 heteroatoms. The fourth-order valence-electron chi connectivity index (χ4n) is 1.14. The number of phenolic OH excluding ortho intramolecular Hbond substituents is 1. The molecule has 1 rings (SSSR count). The number of hydrogen-bond acceptors (Lipinski definition) is 3. The van der Waals surface area contributed by atoms with Crippen LogP contribution in [0.5, 0.6) is 5.75 Å². The van der Waals surface area contributed by atoms with E-state index in [1.165, 1.54) is 18.2 Å². The second-order valence-corrected chi connectivity index (χ2v) is 5.16. The minimum absolute atomic E-state index is 0.377. The molecular formula is C9H11F2NO3S. The molecule has 4 nitrogen and oxygen atoms in total. The van der Waals surface area contributed by atoms with Crippen LogP contribution in [0, 0.1) is 0 Å². The topological polar surface area (TPSA) is 57.6 Å². The maximum atomic E-state index is 12.1. The summed E-state index contributed by atoms with van der Waals surface area (Å²) in [5.74, 6) is -0.455. The van der Waals surface area contributed by atoms with Gasteiger partial charge in [0.15, 0.2) is 0 Å². The summed E-state index contributed by atoms with van der Waals surface area (Å²) in [6, 6.07) is 5.19. The molecule has 90 valence electrons. The van der Waals surface area contributed by atoms with Crippen LogP contribution in [-0.2, 0) is 10.0 Å². The molecule has 0 saturated heterocycles. The predicted octanol–water partition coefficient (Wildman–Crippen LogP) is 1.28. The maximum Gasteiger partial charge on any atom is 0.252 e. The molecule has 0 heterocycles. The summed E-state index contributed by atoms with van der Waals surface area (Å²) < 4.78 is 48.1. The Morgan fingerprint density at radius 1 is 1.38 bits per heavy atom. The first-order valence-corrected chi connectivity index (χ1v) is 5.82. The van der Waals surface area contributed by atoms with Crippen LogP contribution in [0.4, 0.5) is 8.78 Å². The van der Waals surface area contributed by atoms with E-state index in [0.717, 1.165) is 13.1 Å². The second kappa shape index (κ2) is 4.75. The van der Waals surface area contributed by atoms with E-state index < -0.39 is 28.7 Å². The van der Waals surface area contributed by atoms with Crippen LogP contribution in [0.1, 0.15) is 0 Å².